The minimum atomic E-state index is -1.18. The van der Waals surface area contributed by atoms with Crippen molar-refractivity contribution in [2.24, 2.45) is 5.92 Å². The number of aromatic hydroxyl groups is 2. The molecule has 0 fully saturated rings. The molecule has 2 bridgehead atoms. The van der Waals surface area contributed by atoms with E-state index in [-0.39, 0.29) is 43.3 Å². The highest BCUT2D eigenvalue weighted by Gasteiger charge is 2.55. The van der Waals surface area contributed by atoms with Gasteiger partial charge in [-0.1, -0.05) is 43.9 Å². The van der Waals surface area contributed by atoms with Crippen molar-refractivity contribution in [3.63, 3.8) is 0 Å². The number of aromatic nitrogens is 1. The SMILES string of the molecule is CNCO[C@]12Cc3c4c(c5c(c3O[C@@H]1c1ccc(O)c(c1)OCCC#C[C@@H]2NCNC[C@@](C)(O)CC(C)C)CC[C@@H](CO)O5)-c1ccc(O)c2c1[C@@H](C4)[C@@H](c1ccc3[nH]ccc3c1)C(CNC)=C2. The van der Waals surface area contributed by atoms with Gasteiger partial charge in [0.15, 0.2) is 17.6 Å². The number of phenolic OH excluding ortho intramolecular Hbond substituents is 2. The lowest BCUT2D eigenvalue weighted by molar-refractivity contribution is -0.141. The van der Waals surface area contributed by atoms with Crippen molar-refractivity contribution in [3.05, 3.63) is 105 Å². The van der Waals surface area contributed by atoms with Crippen LogP contribution in [-0.4, -0.2) is 103 Å². The molecule has 5 aromatic rings. The largest absolute Gasteiger partial charge is 0.507 e. The summed E-state index contributed by atoms with van der Waals surface area (Å²) in [7, 11) is 3.82. The molecule has 7 atom stereocenters. The summed E-state index contributed by atoms with van der Waals surface area (Å²) in [4.78, 5) is 3.37. The minimum absolute atomic E-state index is 0.0228. The predicted molar refractivity (Wildman–Crippen MR) is 263 cm³/mol. The number of aliphatic hydroxyl groups is 2. The zero-order valence-corrected chi connectivity index (χ0v) is 39.7. The van der Waals surface area contributed by atoms with E-state index in [9.17, 15) is 20.4 Å². The maximum Gasteiger partial charge on any atom is 0.161 e. The van der Waals surface area contributed by atoms with Crippen molar-refractivity contribution in [1.82, 2.24) is 26.3 Å². The van der Waals surface area contributed by atoms with Crippen LogP contribution in [0.5, 0.6) is 28.7 Å². The predicted octanol–water partition coefficient (Wildman–Crippen LogP) is 6.67. The molecule has 0 unspecified atom stereocenters. The fourth-order valence-corrected chi connectivity index (χ4v) is 11.9. The molecule has 358 valence electrons. The highest BCUT2D eigenvalue weighted by molar-refractivity contribution is 5.90. The first-order valence-corrected chi connectivity index (χ1v) is 24.3. The van der Waals surface area contributed by atoms with E-state index in [0.29, 0.717) is 75.7 Å². The number of rotatable bonds is 14. The molecule has 0 saturated heterocycles. The Morgan fingerprint density at radius 3 is 2.62 bits per heavy atom. The summed E-state index contributed by atoms with van der Waals surface area (Å²) < 4.78 is 27.9. The van der Waals surface area contributed by atoms with Gasteiger partial charge in [-0.05, 0) is 140 Å². The Hall–Kier alpha value is -5.56. The minimum Gasteiger partial charge on any atom is -0.507 e. The quantitative estimate of drug-likeness (QED) is 0.0329. The van der Waals surface area contributed by atoms with E-state index in [2.05, 4.69) is 82.3 Å². The van der Waals surface area contributed by atoms with Crippen molar-refractivity contribution >= 4 is 17.0 Å². The standard InChI is InChI=1S/C55H65N5O8/c1-31(2)24-54(3,64)28-58-29-60-47-8-6-7-19-65-46-22-34(10-15-45(46)63)53-55(47,66-30-57-5)25-42-39-23-41-48(33-9-14-43-32(20-33)17-18-59-43)35(26-56-4)21-40-44(62)16-13-37(49(40)41)50(39)52-38(51(42)68-53)12-11-36(27-61)67-52/h9-10,13-18,20-22,31,36,41,47-48,53,56-64H,7,11-12,19,23-30H2,1-5H3/t36-,41-,47-,48-,53+,54-,55-/m0/s1. The topological polar surface area (TPSA) is 182 Å². The van der Waals surface area contributed by atoms with Gasteiger partial charge in [-0.15, -0.1) is 0 Å². The number of benzene rings is 4. The Labute approximate surface area is 398 Å². The van der Waals surface area contributed by atoms with Gasteiger partial charge < -0.3 is 55.0 Å². The summed E-state index contributed by atoms with van der Waals surface area (Å²) in [5.41, 5.74) is 8.96. The highest BCUT2D eigenvalue weighted by atomic mass is 16.6. The van der Waals surface area contributed by atoms with Crippen molar-refractivity contribution in [2.75, 3.05) is 53.8 Å². The number of aliphatic hydroxyl groups excluding tert-OH is 1. The molecule has 4 aromatic carbocycles. The molecule has 5 aliphatic rings. The summed E-state index contributed by atoms with van der Waals surface area (Å²) in [6, 6.07) is 17.4. The normalized spacial score (nSPS) is 24.2. The van der Waals surface area contributed by atoms with Crippen LogP contribution >= 0.6 is 0 Å². The summed E-state index contributed by atoms with van der Waals surface area (Å²) in [6.45, 7) is 7.72. The molecule has 68 heavy (non-hydrogen) atoms. The first kappa shape index (κ1) is 46.2. The first-order chi connectivity index (χ1) is 32.9. The van der Waals surface area contributed by atoms with Gasteiger partial charge in [-0.3, -0.25) is 10.6 Å². The molecule has 13 heteroatoms. The number of ether oxygens (including phenoxy) is 4. The highest BCUT2D eigenvalue weighted by Crippen LogP contribution is 2.62. The summed E-state index contributed by atoms with van der Waals surface area (Å²) >= 11 is 0. The van der Waals surface area contributed by atoms with Crippen LogP contribution in [0, 0.1) is 17.8 Å². The third kappa shape index (κ3) is 8.30. The van der Waals surface area contributed by atoms with Gasteiger partial charge in [0, 0.05) is 72.5 Å². The average molecular weight is 924 g/mol. The second-order valence-electron chi connectivity index (χ2n) is 20.0. The maximum atomic E-state index is 11.7. The van der Waals surface area contributed by atoms with Crippen LogP contribution in [0.15, 0.2) is 66.4 Å². The Bertz CT molecular complexity index is 2810. The molecular weight excluding hydrogens is 859 g/mol. The maximum absolute atomic E-state index is 11.7. The number of phenols is 2. The molecule has 2 aliphatic carbocycles. The van der Waals surface area contributed by atoms with Crippen molar-refractivity contribution in [1.29, 1.82) is 0 Å². The van der Waals surface area contributed by atoms with Crippen LogP contribution in [-0.2, 0) is 24.0 Å². The smallest absolute Gasteiger partial charge is 0.161 e. The van der Waals surface area contributed by atoms with Gasteiger partial charge in [-0.2, -0.15) is 0 Å². The van der Waals surface area contributed by atoms with E-state index in [1.807, 2.05) is 45.4 Å². The van der Waals surface area contributed by atoms with E-state index >= 15 is 0 Å². The lowest BCUT2D eigenvalue weighted by Gasteiger charge is -2.50. The van der Waals surface area contributed by atoms with Gasteiger partial charge >= 0.3 is 0 Å². The molecule has 4 heterocycles. The second kappa shape index (κ2) is 18.7. The fourth-order valence-electron chi connectivity index (χ4n) is 11.9. The molecular formula is C55H65N5O8. The first-order valence-electron chi connectivity index (χ1n) is 24.3. The van der Waals surface area contributed by atoms with E-state index in [1.165, 1.54) is 11.1 Å². The summed E-state index contributed by atoms with van der Waals surface area (Å²) in [5.74, 6) is 9.21. The number of nitrogens with one attached hydrogen (secondary N) is 5. The van der Waals surface area contributed by atoms with Gasteiger partial charge in [0.2, 0.25) is 0 Å². The zero-order valence-electron chi connectivity index (χ0n) is 39.7. The van der Waals surface area contributed by atoms with Gasteiger partial charge in [0.05, 0.1) is 25.5 Å². The number of hydrogen-bond donors (Lipinski definition) is 9. The summed E-state index contributed by atoms with van der Waals surface area (Å²) in [6.07, 6.45) is 6.21. The van der Waals surface area contributed by atoms with Crippen LogP contribution in [0.25, 0.3) is 28.1 Å². The molecule has 1 aromatic heterocycles. The zero-order chi connectivity index (χ0) is 47.3. The molecule has 9 N–H and O–H groups in total. The monoisotopic (exact) mass is 923 g/mol. The lowest BCUT2D eigenvalue weighted by atomic mass is 9.62. The molecule has 10 rings (SSSR count). The van der Waals surface area contributed by atoms with Crippen LogP contribution < -0.4 is 35.5 Å². The number of fused-ring (bicyclic) bond motifs is 12. The molecule has 0 spiro atoms. The third-order valence-electron chi connectivity index (χ3n) is 14.6. The van der Waals surface area contributed by atoms with Gasteiger partial charge in [0.1, 0.15) is 35.0 Å². The van der Waals surface area contributed by atoms with Crippen LogP contribution in [0.4, 0.5) is 0 Å². The van der Waals surface area contributed by atoms with E-state index < -0.39 is 29.5 Å². The number of hydrogen-bond acceptors (Lipinski definition) is 12. The van der Waals surface area contributed by atoms with Crippen LogP contribution in [0.3, 0.4) is 0 Å². The molecule has 0 saturated carbocycles. The summed E-state index contributed by atoms with van der Waals surface area (Å²) in [5, 5.41) is 59.7. The van der Waals surface area contributed by atoms with Crippen LogP contribution in [0.2, 0.25) is 0 Å². The van der Waals surface area contributed by atoms with Gasteiger partial charge in [0.25, 0.3) is 0 Å². The number of H-pyrrole nitrogens is 1. The molecule has 3 aliphatic heterocycles. The van der Waals surface area contributed by atoms with Crippen molar-refractivity contribution < 1.29 is 39.4 Å². The number of likely N-dealkylation sites (N-methyl/N-ethyl adjacent to an activating group) is 1. The Morgan fingerprint density at radius 1 is 0.971 bits per heavy atom. The Balaban J connectivity index is 1.19. The van der Waals surface area contributed by atoms with E-state index in [0.717, 1.165) is 61.2 Å². The van der Waals surface area contributed by atoms with Crippen molar-refractivity contribution in [2.45, 2.75) is 101 Å². The third-order valence-corrected chi connectivity index (χ3v) is 14.6. The number of aromatic amines is 1. The van der Waals surface area contributed by atoms with E-state index in [1.54, 1.807) is 12.1 Å². The van der Waals surface area contributed by atoms with E-state index in [4.69, 9.17) is 18.9 Å². The molecule has 13 nitrogen and oxygen atoms in total. The van der Waals surface area contributed by atoms with Crippen molar-refractivity contribution in [3.8, 4) is 51.7 Å². The Morgan fingerprint density at radius 2 is 1.81 bits per heavy atom. The molecule has 0 amide bonds. The molecule has 0 radical (unpaired) electrons. The average Bonchev–Trinajstić information content (AvgIpc) is 3.79. The Kier molecular flexibility index (Phi) is 12.7. The second-order valence-corrected chi connectivity index (χ2v) is 20.0. The lowest BCUT2D eigenvalue weighted by Crippen LogP contribution is -2.62. The fraction of sp³-hybridized carbons (Fsp3) is 0.455. The van der Waals surface area contributed by atoms with Crippen LogP contribution in [0.1, 0.15) is 96.9 Å². The van der Waals surface area contributed by atoms with Gasteiger partial charge in [-0.25, -0.2) is 0 Å².